The first-order chi connectivity index (χ1) is 10.7. The lowest BCUT2D eigenvalue weighted by atomic mass is 10.1. The van der Waals surface area contributed by atoms with Gasteiger partial charge in [0.25, 0.3) is 5.56 Å². The van der Waals surface area contributed by atoms with E-state index in [9.17, 15) is 9.59 Å². The van der Waals surface area contributed by atoms with Crippen molar-refractivity contribution in [1.29, 1.82) is 0 Å². The van der Waals surface area contributed by atoms with Crippen LogP contribution in [0, 0.1) is 0 Å². The summed E-state index contributed by atoms with van der Waals surface area (Å²) >= 11 is 0. The maximum Gasteiger partial charge on any atom is 0.261 e. The highest BCUT2D eigenvalue weighted by Gasteiger charge is 2.15. The number of fused-ring (bicyclic) bond motifs is 1. The molecule has 1 atom stereocenters. The Balaban J connectivity index is 0.00000192. The van der Waals surface area contributed by atoms with Crippen molar-refractivity contribution in [1.82, 2.24) is 20.2 Å². The number of carbonyl (C=O) groups is 1. The van der Waals surface area contributed by atoms with Crippen LogP contribution in [0.15, 0.2) is 35.4 Å². The molecule has 3 rings (SSSR count). The molecule has 23 heavy (non-hydrogen) atoms. The Hall–Kier alpha value is -1.92. The van der Waals surface area contributed by atoms with E-state index in [0.717, 1.165) is 25.9 Å². The van der Waals surface area contributed by atoms with Crippen LogP contribution in [0.5, 0.6) is 0 Å². The quantitative estimate of drug-likeness (QED) is 0.876. The largest absolute Gasteiger partial charge is 0.352 e. The van der Waals surface area contributed by atoms with Crippen LogP contribution in [0.3, 0.4) is 0 Å². The number of hydrogen-bond acceptors (Lipinski definition) is 4. The summed E-state index contributed by atoms with van der Waals surface area (Å²) in [6, 6.07) is 7.44. The number of aromatic nitrogens is 2. The van der Waals surface area contributed by atoms with Crippen molar-refractivity contribution in [3.8, 4) is 0 Å². The number of nitrogens with one attached hydrogen (secondary N) is 2. The maximum absolute atomic E-state index is 12.3. The summed E-state index contributed by atoms with van der Waals surface area (Å²) in [4.78, 5) is 28.6. The number of para-hydroxylation sites is 1. The summed E-state index contributed by atoms with van der Waals surface area (Å²) in [6.07, 6.45) is 3.89. The summed E-state index contributed by atoms with van der Waals surface area (Å²) in [5.41, 5.74) is 0.583. The number of benzene rings is 1. The van der Waals surface area contributed by atoms with Gasteiger partial charge in [-0.15, -0.1) is 12.4 Å². The molecule has 1 aromatic heterocycles. The minimum atomic E-state index is -0.0993. The van der Waals surface area contributed by atoms with Crippen molar-refractivity contribution in [2.45, 2.75) is 31.8 Å². The van der Waals surface area contributed by atoms with Gasteiger partial charge >= 0.3 is 0 Å². The van der Waals surface area contributed by atoms with Crippen LogP contribution >= 0.6 is 12.4 Å². The monoisotopic (exact) mass is 336 g/mol. The smallest absolute Gasteiger partial charge is 0.261 e. The Morgan fingerprint density at radius 3 is 3.00 bits per heavy atom. The summed E-state index contributed by atoms with van der Waals surface area (Å²) in [5.74, 6) is -0.0197. The van der Waals surface area contributed by atoms with Crippen molar-refractivity contribution in [3.05, 3.63) is 40.9 Å². The fraction of sp³-hybridized carbons (Fsp3) is 0.438. The first-order valence-corrected chi connectivity index (χ1v) is 7.68. The van der Waals surface area contributed by atoms with Gasteiger partial charge in [-0.1, -0.05) is 12.1 Å². The van der Waals surface area contributed by atoms with Gasteiger partial charge in [-0.2, -0.15) is 0 Å². The van der Waals surface area contributed by atoms with E-state index in [1.54, 1.807) is 6.07 Å². The fourth-order valence-electron chi connectivity index (χ4n) is 2.76. The molecule has 0 bridgehead atoms. The van der Waals surface area contributed by atoms with Crippen molar-refractivity contribution < 1.29 is 4.79 Å². The van der Waals surface area contributed by atoms with Crippen LogP contribution in [0.2, 0.25) is 0 Å². The highest BCUT2D eigenvalue weighted by Crippen LogP contribution is 2.05. The summed E-state index contributed by atoms with van der Waals surface area (Å²) in [7, 11) is 0. The third-order valence-corrected chi connectivity index (χ3v) is 3.97. The molecular weight excluding hydrogens is 316 g/mol. The van der Waals surface area contributed by atoms with Crippen LogP contribution in [-0.4, -0.2) is 34.6 Å². The number of amides is 1. The van der Waals surface area contributed by atoms with Gasteiger partial charge in [0.2, 0.25) is 5.91 Å². The molecule has 1 saturated heterocycles. The second kappa shape index (κ2) is 8.08. The fourth-order valence-corrected chi connectivity index (χ4v) is 2.76. The molecule has 0 aliphatic carbocycles. The van der Waals surface area contributed by atoms with Crippen LogP contribution in [0.4, 0.5) is 0 Å². The Labute approximate surface area is 140 Å². The van der Waals surface area contributed by atoms with Gasteiger partial charge in [-0.25, -0.2) is 4.98 Å². The SMILES string of the molecule is Cl.O=C(CCn1cnc2ccccc2c1=O)NC1CCCNC1. The zero-order valence-corrected chi connectivity index (χ0v) is 13.6. The summed E-state index contributed by atoms with van der Waals surface area (Å²) < 4.78 is 1.50. The lowest BCUT2D eigenvalue weighted by Gasteiger charge is -2.23. The van der Waals surface area contributed by atoms with Gasteiger partial charge in [0.15, 0.2) is 0 Å². The molecule has 1 aromatic carbocycles. The second-order valence-corrected chi connectivity index (χ2v) is 5.62. The van der Waals surface area contributed by atoms with Crippen LogP contribution < -0.4 is 16.2 Å². The molecule has 1 unspecified atom stereocenters. The molecule has 1 aliphatic rings. The minimum Gasteiger partial charge on any atom is -0.352 e. The van der Waals surface area contributed by atoms with Gasteiger partial charge in [-0.3, -0.25) is 14.2 Å². The van der Waals surface area contributed by atoms with Crippen LogP contribution in [-0.2, 0) is 11.3 Å². The molecule has 124 valence electrons. The number of aryl methyl sites for hydroxylation is 1. The number of nitrogens with zero attached hydrogens (tertiary/aromatic N) is 2. The van der Waals surface area contributed by atoms with Crippen molar-refractivity contribution in [2.75, 3.05) is 13.1 Å². The Morgan fingerprint density at radius 1 is 1.39 bits per heavy atom. The highest BCUT2D eigenvalue weighted by atomic mass is 35.5. The zero-order chi connectivity index (χ0) is 15.4. The second-order valence-electron chi connectivity index (χ2n) is 5.62. The van der Waals surface area contributed by atoms with Gasteiger partial charge in [-0.05, 0) is 31.5 Å². The van der Waals surface area contributed by atoms with Crippen LogP contribution in [0.25, 0.3) is 10.9 Å². The van der Waals surface area contributed by atoms with E-state index >= 15 is 0 Å². The number of carbonyl (C=O) groups excluding carboxylic acids is 1. The number of halogens is 1. The van der Waals surface area contributed by atoms with Crippen molar-refractivity contribution in [3.63, 3.8) is 0 Å². The average molecular weight is 337 g/mol. The van der Waals surface area contributed by atoms with E-state index in [-0.39, 0.29) is 36.3 Å². The first kappa shape index (κ1) is 17.4. The van der Waals surface area contributed by atoms with Gasteiger partial charge in [0.05, 0.1) is 17.2 Å². The predicted octanol–water partition coefficient (Wildman–Crippen LogP) is 1.08. The first-order valence-electron chi connectivity index (χ1n) is 7.68. The molecule has 0 saturated carbocycles. The normalized spacial score (nSPS) is 17.5. The van der Waals surface area contributed by atoms with Gasteiger partial charge in [0, 0.05) is 25.6 Å². The third kappa shape index (κ3) is 4.30. The third-order valence-electron chi connectivity index (χ3n) is 3.97. The van der Waals surface area contributed by atoms with E-state index < -0.39 is 0 Å². The van der Waals surface area contributed by atoms with E-state index in [4.69, 9.17) is 0 Å². The minimum absolute atomic E-state index is 0. The van der Waals surface area contributed by atoms with E-state index in [0.29, 0.717) is 17.4 Å². The van der Waals surface area contributed by atoms with Gasteiger partial charge in [0.1, 0.15) is 0 Å². The van der Waals surface area contributed by atoms with Gasteiger partial charge < -0.3 is 10.6 Å². The lowest BCUT2D eigenvalue weighted by molar-refractivity contribution is -0.122. The van der Waals surface area contributed by atoms with E-state index in [1.165, 1.54) is 10.9 Å². The summed E-state index contributed by atoms with van der Waals surface area (Å²) in [5, 5.41) is 6.86. The number of hydrogen-bond donors (Lipinski definition) is 2. The lowest BCUT2D eigenvalue weighted by Crippen LogP contribution is -2.45. The number of piperidine rings is 1. The van der Waals surface area contributed by atoms with E-state index in [1.807, 2.05) is 18.2 Å². The van der Waals surface area contributed by atoms with Crippen LogP contribution in [0.1, 0.15) is 19.3 Å². The zero-order valence-electron chi connectivity index (χ0n) is 12.8. The molecule has 2 heterocycles. The number of rotatable bonds is 4. The molecule has 1 amide bonds. The molecule has 0 spiro atoms. The molecule has 1 aliphatic heterocycles. The molecule has 7 heteroatoms. The molecule has 2 aromatic rings. The molecule has 0 radical (unpaired) electrons. The molecular formula is C16H21ClN4O2. The van der Waals surface area contributed by atoms with Crippen molar-refractivity contribution in [2.24, 2.45) is 0 Å². The molecule has 2 N–H and O–H groups in total. The average Bonchev–Trinajstić information content (AvgIpc) is 2.55. The molecule has 6 nitrogen and oxygen atoms in total. The highest BCUT2D eigenvalue weighted by molar-refractivity contribution is 5.85. The maximum atomic E-state index is 12.3. The van der Waals surface area contributed by atoms with Crippen molar-refractivity contribution >= 4 is 29.2 Å². The Bertz CT molecular complexity index is 725. The topological polar surface area (TPSA) is 76.0 Å². The molecule has 1 fully saturated rings. The Morgan fingerprint density at radius 2 is 2.22 bits per heavy atom. The van der Waals surface area contributed by atoms with E-state index in [2.05, 4.69) is 15.6 Å². The summed E-state index contributed by atoms with van der Waals surface area (Å²) in [6.45, 7) is 2.19. The predicted molar refractivity (Wildman–Crippen MR) is 91.9 cm³/mol. The standard InChI is InChI=1S/C16H20N4O2.ClH/c21-15(19-12-4-3-8-17-10-12)7-9-20-11-18-14-6-2-1-5-13(14)16(20)22;/h1-2,5-6,11-12,17H,3-4,7-10H2,(H,19,21);1H. The Kier molecular flexibility index (Phi) is 6.12.